The molecule has 0 bridgehead atoms. The number of benzene rings is 2. The van der Waals surface area contributed by atoms with E-state index in [0.717, 1.165) is 27.7 Å². The van der Waals surface area contributed by atoms with Gasteiger partial charge in [-0.1, -0.05) is 69.3 Å². The van der Waals surface area contributed by atoms with Crippen LogP contribution in [0.2, 0.25) is 0 Å². The Bertz CT molecular complexity index is 891. The number of nitrogens with zero attached hydrogens (tertiary/aromatic N) is 1. The van der Waals surface area contributed by atoms with Crippen LogP contribution in [0.5, 0.6) is 0 Å². The summed E-state index contributed by atoms with van der Waals surface area (Å²) in [6.07, 6.45) is 0. The molecule has 2 aromatic carbocycles. The number of pyridine rings is 1. The maximum atomic E-state index is 11.8. The second-order valence-corrected chi connectivity index (χ2v) is 6.78. The van der Waals surface area contributed by atoms with E-state index in [9.17, 15) is 4.79 Å². The number of carbonyl (C=O) groups excluding carboxylic acids is 1. The average molecular weight is 355 g/mol. The van der Waals surface area contributed by atoms with Gasteiger partial charge in [0.2, 0.25) is 5.91 Å². The van der Waals surface area contributed by atoms with Crippen LogP contribution in [0.25, 0.3) is 22.2 Å². The summed E-state index contributed by atoms with van der Waals surface area (Å²) < 4.78 is 0. The zero-order chi connectivity index (χ0) is 17.3. The minimum atomic E-state index is -0.391. The van der Waals surface area contributed by atoms with Crippen molar-refractivity contribution >= 4 is 29.2 Å². The Labute approximate surface area is 154 Å². The van der Waals surface area contributed by atoms with Crippen molar-refractivity contribution in [3.63, 3.8) is 0 Å². The fourth-order valence-electron chi connectivity index (χ4n) is 3.05. The number of fused-ring (bicyclic) bond motifs is 1. The van der Waals surface area contributed by atoms with E-state index < -0.39 is 5.41 Å². The van der Waals surface area contributed by atoms with Gasteiger partial charge in [0.15, 0.2) is 0 Å². The average Bonchev–Trinajstić information content (AvgIpc) is 2.60. The van der Waals surface area contributed by atoms with E-state index in [-0.39, 0.29) is 24.2 Å². The molecule has 0 radical (unpaired) electrons. The van der Waals surface area contributed by atoms with Gasteiger partial charge in [-0.3, -0.25) is 4.79 Å². The molecule has 3 rings (SSSR count). The van der Waals surface area contributed by atoms with Gasteiger partial charge in [-0.05, 0) is 17.7 Å². The number of nitrogens with two attached hydrogens (primary N) is 1. The minimum Gasteiger partial charge on any atom is -0.369 e. The van der Waals surface area contributed by atoms with Crippen molar-refractivity contribution in [3.05, 3.63) is 66.2 Å². The normalized spacial score (nSPS) is 12.4. The number of rotatable bonds is 4. The van der Waals surface area contributed by atoms with Crippen molar-refractivity contribution in [1.29, 1.82) is 0 Å². The molecule has 1 heterocycles. The third-order valence-electron chi connectivity index (χ3n) is 4.99. The maximum absolute atomic E-state index is 11.8. The molecule has 2 N–H and O–H groups in total. The lowest BCUT2D eigenvalue weighted by Crippen LogP contribution is -2.37. The van der Waals surface area contributed by atoms with Crippen LogP contribution in [0, 0.1) is 5.92 Å². The SMILES string of the molecule is CC(C(N)=O)C(C)(C)c1cc(-c2ccccc2)nc2ccccc12.Cl. The van der Waals surface area contributed by atoms with Gasteiger partial charge in [0.1, 0.15) is 0 Å². The molecule has 0 spiro atoms. The number of hydrogen-bond acceptors (Lipinski definition) is 2. The van der Waals surface area contributed by atoms with Gasteiger partial charge in [-0.2, -0.15) is 0 Å². The third-order valence-corrected chi connectivity index (χ3v) is 4.99. The zero-order valence-electron chi connectivity index (χ0n) is 14.7. The highest BCUT2D eigenvalue weighted by Gasteiger charge is 2.33. The Morgan fingerprint density at radius 3 is 2.28 bits per heavy atom. The lowest BCUT2D eigenvalue weighted by Gasteiger charge is -2.31. The minimum absolute atomic E-state index is 0. The highest BCUT2D eigenvalue weighted by Crippen LogP contribution is 2.37. The van der Waals surface area contributed by atoms with Crippen LogP contribution in [0.4, 0.5) is 0 Å². The summed E-state index contributed by atoms with van der Waals surface area (Å²) in [5.41, 5.74) is 9.21. The van der Waals surface area contributed by atoms with Crippen LogP contribution >= 0.6 is 12.4 Å². The quantitative estimate of drug-likeness (QED) is 0.736. The lowest BCUT2D eigenvalue weighted by molar-refractivity contribution is -0.123. The molecule has 0 aliphatic carbocycles. The Morgan fingerprint density at radius 2 is 1.64 bits per heavy atom. The first-order valence-corrected chi connectivity index (χ1v) is 8.16. The first-order valence-electron chi connectivity index (χ1n) is 8.16. The van der Waals surface area contributed by atoms with Crippen molar-refractivity contribution in [2.24, 2.45) is 11.7 Å². The maximum Gasteiger partial charge on any atom is 0.221 e. The number of aromatic nitrogens is 1. The molecular weight excluding hydrogens is 332 g/mol. The Kier molecular flexibility index (Phi) is 5.48. The monoisotopic (exact) mass is 354 g/mol. The van der Waals surface area contributed by atoms with Crippen LogP contribution in [0.1, 0.15) is 26.3 Å². The molecule has 4 heteroatoms. The predicted molar refractivity (Wildman–Crippen MR) is 106 cm³/mol. The summed E-state index contributed by atoms with van der Waals surface area (Å²) in [5, 5.41) is 1.07. The Balaban J connectivity index is 0.00000225. The van der Waals surface area contributed by atoms with Crippen LogP contribution in [-0.2, 0) is 10.2 Å². The first-order chi connectivity index (χ1) is 11.4. The van der Waals surface area contributed by atoms with Gasteiger partial charge in [0.05, 0.1) is 11.2 Å². The largest absolute Gasteiger partial charge is 0.369 e. The Morgan fingerprint density at radius 1 is 1.04 bits per heavy atom. The number of para-hydroxylation sites is 1. The second-order valence-electron chi connectivity index (χ2n) is 6.78. The summed E-state index contributed by atoms with van der Waals surface area (Å²) in [5.74, 6) is -0.575. The first kappa shape index (κ1) is 18.9. The highest BCUT2D eigenvalue weighted by atomic mass is 35.5. The van der Waals surface area contributed by atoms with E-state index in [1.807, 2.05) is 55.5 Å². The summed E-state index contributed by atoms with van der Waals surface area (Å²) in [6, 6.07) is 20.2. The van der Waals surface area contributed by atoms with Gasteiger partial charge < -0.3 is 5.73 Å². The van der Waals surface area contributed by atoms with Crippen molar-refractivity contribution in [2.45, 2.75) is 26.2 Å². The molecule has 0 saturated heterocycles. The number of primary amides is 1. The van der Waals surface area contributed by atoms with Gasteiger partial charge in [0, 0.05) is 22.3 Å². The van der Waals surface area contributed by atoms with Crippen molar-refractivity contribution in [1.82, 2.24) is 4.98 Å². The van der Waals surface area contributed by atoms with E-state index in [2.05, 4.69) is 26.0 Å². The molecule has 0 aliphatic rings. The van der Waals surface area contributed by atoms with Gasteiger partial charge >= 0.3 is 0 Å². The van der Waals surface area contributed by atoms with Crippen molar-refractivity contribution in [3.8, 4) is 11.3 Å². The van der Waals surface area contributed by atoms with E-state index in [1.165, 1.54) is 0 Å². The summed E-state index contributed by atoms with van der Waals surface area (Å²) in [7, 11) is 0. The number of halogens is 1. The lowest BCUT2D eigenvalue weighted by atomic mass is 9.72. The molecule has 3 aromatic rings. The van der Waals surface area contributed by atoms with Crippen molar-refractivity contribution in [2.75, 3.05) is 0 Å². The van der Waals surface area contributed by atoms with Gasteiger partial charge in [0.25, 0.3) is 0 Å². The van der Waals surface area contributed by atoms with Crippen LogP contribution < -0.4 is 5.73 Å². The smallest absolute Gasteiger partial charge is 0.221 e. The van der Waals surface area contributed by atoms with E-state index >= 15 is 0 Å². The topological polar surface area (TPSA) is 56.0 Å². The summed E-state index contributed by atoms with van der Waals surface area (Å²) >= 11 is 0. The molecule has 25 heavy (non-hydrogen) atoms. The second kappa shape index (κ2) is 7.24. The van der Waals surface area contributed by atoms with E-state index in [1.54, 1.807) is 0 Å². The molecule has 3 nitrogen and oxygen atoms in total. The van der Waals surface area contributed by atoms with Crippen LogP contribution in [-0.4, -0.2) is 10.9 Å². The Hall–Kier alpha value is -2.39. The number of hydrogen-bond donors (Lipinski definition) is 1. The summed E-state index contributed by atoms with van der Waals surface area (Å²) in [6.45, 7) is 6.03. The van der Waals surface area contributed by atoms with Crippen LogP contribution in [0.3, 0.4) is 0 Å². The number of carbonyl (C=O) groups is 1. The molecule has 1 aromatic heterocycles. The van der Waals surface area contributed by atoms with Crippen molar-refractivity contribution < 1.29 is 4.79 Å². The van der Waals surface area contributed by atoms with E-state index in [0.29, 0.717) is 0 Å². The molecule has 1 amide bonds. The highest BCUT2D eigenvalue weighted by molar-refractivity contribution is 5.88. The third kappa shape index (κ3) is 3.52. The molecule has 1 atom stereocenters. The molecule has 130 valence electrons. The molecular formula is C21H23ClN2O. The fourth-order valence-corrected chi connectivity index (χ4v) is 3.05. The van der Waals surface area contributed by atoms with E-state index in [4.69, 9.17) is 10.7 Å². The van der Waals surface area contributed by atoms with Gasteiger partial charge in [-0.25, -0.2) is 4.98 Å². The predicted octanol–water partition coefficient (Wildman–Crippen LogP) is 4.72. The van der Waals surface area contributed by atoms with Gasteiger partial charge in [-0.15, -0.1) is 12.4 Å². The molecule has 1 unspecified atom stereocenters. The molecule has 0 saturated carbocycles. The fraction of sp³-hybridized carbons (Fsp3) is 0.238. The summed E-state index contributed by atoms with van der Waals surface area (Å²) in [4.78, 5) is 16.6. The zero-order valence-corrected chi connectivity index (χ0v) is 15.5. The van der Waals surface area contributed by atoms with Crippen LogP contribution in [0.15, 0.2) is 60.7 Å². The number of amides is 1. The molecule has 0 fully saturated rings. The molecule has 0 aliphatic heterocycles. The standard InChI is InChI=1S/C21H22N2O.ClH/c1-14(20(22)24)21(2,3)17-13-19(15-9-5-4-6-10-15)23-18-12-8-7-11-16(17)18;/h4-14H,1-3H3,(H2,22,24);1H.